The predicted molar refractivity (Wildman–Crippen MR) is 78.0 cm³/mol. The van der Waals surface area contributed by atoms with E-state index in [0.717, 1.165) is 16.2 Å². The summed E-state index contributed by atoms with van der Waals surface area (Å²) < 4.78 is 5.07. The fourth-order valence-corrected chi connectivity index (χ4v) is 2.08. The molecule has 0 spiro atoms. The lowest BCUT2D eigenvalue weighted by molar-refractivity contribution is 0.238. The molecule has 1 N–H and O–H groups in total. The van der Waals surface area contributed by atoms with Gasteiger partial charge in [-0.25, -0.2) is 0 Å². The number of rotatable bonds is 3. The Hall–Kier alpha value is -1.89. The second-order valence-corrected chi connectivity index (χ2v) is 4.72. The molecule has 2 nitrogen and oxygen atoms in total. The first-order valence-electron chi connectivity index (χ1n) is 5.84. The van der Waals surface area contributed by atoms with Crippen molar-refractivity contribution in [3.8, 4) is 16.9 Å². The Morgan fingerprint density at radius 2 is 1.74 bits per heavy atom. The van der Waals surface area contributed by atoms with Crippen LogP contribution in [0.4, 0.5) is 0 Å². The topological polar surface area (TPSA) is 29.5 Å². The molecular formula is C16H14O2S. The molecule has 2 aromatic carbocycles. The average Bonchev–Trinajstić information content (AvgIpc) is 2.48. The number of methoxy groups -OCH3 is 1. The Labute approximate surface area is 117 Å². The van der Waals surface area contributed by atoms with Crippen LogP contribution in [-0.2, 0) is 0 Å². The first kappa shape index (κ1) is 13.5. The quantitative estimate of drug-likeness (QED) is 0.684. The van der Waals surface area contributed by atoms with Crippen molar-refractivity contribution in [2.24, 2.45) is 0 Å². The van der Waals surface area contributed by atoms with Crippen LogP contribution in [0.5, 0.6) is 5.75 Å². The molecule has 96 valence electrons. The smallest absolute Gasteiger partial charge is 0.141 e. The maximum absolute atomic E-state index is 9.93. The van der Waals surface area contributed by atoms with Gasteiger partial charge in [-0.15, -0.1) is 0 Å². The maximum atomic E-state index is 9.93. The van der Waals surface area contributed by atoms with E-state index in [1.807, 2.05) is 54.6 Å². The number of thioether (sulfide) groups is 1. The third-order valence-electron chi connectivity index (χ3n) is 2.54. The van der Waals surface area contributed by atoms with Crippen LogP contribution in [0.2, 0.25) is 0 Å². The van der Waals surface area contributed by atoms with Crippen molar-refractivity contribution < 1.29 is 9.84 Å². The monoisotopic (exact) mass is 270 g/mol. The highest BCUT2D eigenvalue weighted by Gasteiger charge is 2.03. The standard InChI is InChI=1S/C16H14O2S/c1-18-14-9-7-13(8-10-14)16(17)11-12-19-15-5-3-2-4-6-15/h2-10,16-17H,1H3. The third kappa shape index (κ3) is 4.06. The molecular weight excluding hydrogens is 256 g/mol. The molecule has 2 rings (SSSR count). The van der Waals surface area contributed by atoms with Gasteiger partial charge in [0.1, 0.15) is 11.9 Å². The van der Waals surface area contributed by atoms with E-state index in [1.165, 1.54) is 11.8 Å². The fourth-order valence-electron chi connectivity index (χ4n) is 1.50. The molecule has 2 aromatic rings. The van der Waals surface area contributed by atoms with Gasteiger partial charge in [0.25, 0.3) is 0 Å². The van der Waals surface area contributed by atoms with E-state index in [1.54, 1.807) is 7.11 Å². The summed E-state index contributed by atoms with van der Waals surface area (Å²) in [5, 5.41) is 12.8. The summed E-state index contributed by atoms with van der Waals surface area (Å²) in [5.74, 6) is 3.58. The van der Waals surface area contributed by atoms with Gasteiger partial charge in [-0.1, -0.05) is 36.3 Å². The molecule has 0 aromatic heterocycles. The van der Waals surface area contributed by atoms with Crippen LogP contribution in [0.15, 0.2) is 59.5 Å². The van der Waals surface area contributed by atoms with Crippen molar-refractivity contribution in [2.45, 2.75) is 11.0 Å². The number of aliphatic hydroxyl groups excluding tert-OH is 1. The van der Waals surface area contributed by atoms with E-state index in [4.69, 9.17) is 4.74 Å². The zero-order valence-corrected chi connectivity index (χ0v) is 11.4. The Kier molecular flexibility index (Phi) is 4.91. The van der Waals surface area contributed by atoms with Gasteiger partial charge in [0.2, 0.25) is 0 Å². The SMILES string of the molecule is COc1ccc(C(O)C#CSc2ccccc2)cc1. The van der Waals surface area contributed by atoms with Gasteiger partial charge in [0.15, 0.2) is 0 Å². The van der Waals surface area contributed by atoms with Crippen molar-refractivity contribution in [2.75, 3.05) is 7.11 Å². The third-order valence-corrected chi connectivity index (χ3v) is 3.27. The number of hydrogen-bond donors (Lipinski definition) is 1. The van der Waals surface area contributed by atoms with E-state index in [2.05, 4.69) is 11.2 Å². The van der Waals surface area contributed by atoms with Crippen molar-refractivity contribution in [3.63, 3.8) is 0 Å². The van der Waals surface area contributed by atoms with Crippen LogP contribution in [0.3, 0.4) is 0 Å². The minimum Gasteiger partial charge on any atom is -0.497 e. The largest absolute Gasteiger partial charge is 0.497 e. The van der Waals surface area contributed by atoms with Crippen LogP contribution in [0.1, 0.15) is 11.7 Å². The van der Waals surface area contributed by atoms with Crippen LogP contribution in [0, 0.1) is 11.2 Å². The summed E-state index contributed by atoms with van der Waals surface area (Å²) in [6, 6.07) is 17.1. The molecule has 0 radical (unpaired) electrons. The van der Waals surface area contributed by atoms with Crippen LogP contribution in [0.25, 0.3) is 0 Å². The lowest BCUT2D eigenvalue weighted by atomic mass is 10.1. The minimum absolute atomic E-state index is 0.766. The fraction of sp³-hybridized carbons (Fsp3) is 0.125. The van der Waals surface area contributed by atoms with Gasteiger partial charge in [-0.05, 0) is 46.8 Å². The zero-order valence-electron chi connectivity index (χ0n) is 10.5. The highest BCUT2D eigenvalue weighted by atomic mass is 32.2. The first-order chi connectivity index (χ1) is 9.29. The molecule has 19 heavy (non-hydrogen) atoms. The summed E-state index contributed by atoms with van der Waals surface area (Å²) in [4.78, 5) is 1.07. The van der Waals surface area contributed by atoms with E-state index >= 15 is 0 Å². The summed E-state index contributed by atoms with van der Waals surface area (Å²) in [6.07, 6.45) is -0.776. The highest BCUT2D eigenvalue weighted by Crippen LogP contribution is 2.19. The number of aliphatic hydroxyl groups is 1. The molecule has 0 aliphatic rings. The summed E-state index contributed by atoms with van der Waals surface area (Å²) >= 11 is 1.41. The molecule has 1 unspecified atom stereocenters. The lowest BCUT2D eigenvalue weighted by Gasteiger charge is -2.04. The zero-order chi connectivity index (χ0) is 13.5. The van der Waals surface area contributed by atoms with Crippen LogP contribution < -0.4 is 4.74 Å². The normalized spacial score (nSPS) is 11.3. The molecule has 0 fully saturated rings. The van der Waals surface area contributed by atoms with E-state index in [0.29, 0.717) is 0 Å². The van der Waals surface area contributed by atoms with E-state index < -0.39 is 6.10 Å². The molecule has 0 saturated heterocycles. The number of ether oxygens (including phenoxy) is 1. The number of benzene rings is 2. The molecule has 0 aliphatic carbocycles. The van der Waals surface area contributed by atoms with Crippen molar-refractivity contribution in [1.82, 2.24) is 0 Å². The molecule has 1 atom stereocenters. The second kappa shape index (κ2) is 6.89. The Bertz CT molecular complexity index is 567. The summed E-state index contributed by atoms with van der Waals surface area (Å²) in [6.45, 7) is 0. The summed E-state index contributed by atoms with van der Waals surface area (Å²) in [5.41, 5.74) is 0.766. The van der Waals surface area contributed by atoms with Gasteiger partial charge < -0.3 is 9.84 Å². The van der Waals surface area contributed by atoms with Crippen molar-refractivity contribution in [3.05, 3.63) is 60.2 Å². The van der Waals surface area contributed by atoms with Gasteiger partial charge in [-0.2, -0.15) is 0 Å². The molecule has 3 heteroatoms. The molecule has 0 heterocycles. The van der Waals surface area contributed by atoms with Gasteiger partial charge in [0, 0.05) is 4.90 Å². The van der Waals surface area contributed by atoms with Crippen LogP contribution >= 0.6 is 11.8 Å². The molecule has 0 bridgehead atoms. The second-order valence-electron chi connectivity index (χ2n) is 3.84. The Morgan fingerprint density at radius 3 is 2.37 bits per heavy atom. The minimum atomic E-state index is -0.776. The van der Waals surface area contributed by atoms with Gasteiger partial charge in [-0.3, -0.25) is 0 Å². The predicted octanol–water partition coefficient (Wildman–Crippen LogP) is 3.48. The molecule has 0 saturated carbocycles. The Balaban J connectivity index is 1.99. The lowest BCUT2D eigenvalue weighted by Crippen LogP contribution is -1.93. The molecule has 0 aliphatic heterocycles. The maximum Gasteiger partial charge on any atom is 0.141 e. The highest BCUT2D eigenvalue weighted by molar-refractivity contribution is 8.03. The van der Waals surface area contributed by atoms with Crippen LogP contribution in [-0.4, -0.2) is 12.2 Å². The Morgan fingerprint density at radius 1 is 1.05 bits per heavy atom. The summed E-state index contributed by atoms with van der Waals surface area (Å²) in [7, 11) is 1.61. The average molecular weight is 270 g/mol. The number of hydrogen-bond acceptors (Lipinski definition) is 3. The van der Waals surface area contributed by atoms with E-state index in [-0.39, 0.29) is 0 Å². The molecule has 0 amide bonds. The first-order valence-corrected chi connectivity index (χ1v) is 6.65. The van der Waals surface area contributed by atoms with E-state index in [9.17, 15) is 5.11 Å². The van der Waals surface area contributed by atoms with Crippen molar-refractivity contribution in [1.29, 1.82) is 0 Å². The van der Waals surface area contributed by atoms with Crippen molar-refractivity contribution >= 4 is 11.8 Å². The van der Waals surface area contributed by atoms with Gasteiger partial charge in [0.05, 0.1) is 7.11 Å². The van der Waals surface area contributed by atoms with Gasteiger partial charge >= 0.3 is 0 Å².